The Hall–Kier alpha value is 0.350. The van der Waals surface area contributed by atoms with Crippen molar-refractivity contribution in [3.63, 3.8) is 0 Å². The smallest absolute Gasteiger partial charge is 0.0658 e. The lowest BCUT2D eigenvalue weighted by atomic mass is 10.1. The van der Waals surface area contributed by atoms with Crippen LogP contribution in [0.1, 0.15) is 19.3 Å². The molecule has 3 unspecified atom stereocenters. The van der Waals surface area contributed by atoms with Crippen LogP contribution in [-0.4, -0.2) is 43.4 Å². The molecule has 2 rings (SSSR count). The molecule has 0 N–H and O–H groups in total. The Balaban J connectivity index is 1.76. The lowest BCUT2D eigenvalue weighted by Crippen LogP contribution is -2.45. The predicted molar refractivity (Wildman–Crippen MR) is 58.1 cm³/mol. The third kappa shape index (κ3) is 2.65. The molecule has 0 radical (unpaired) electrons. The zero-order valence-electron chi connectivity index (χ0n) is 8.41. The quantitative estimate of drug-likeness (QED) is 0.639. The van der Waals surface area contributed by atoms with Crippen LogP contribution < -0.4 is 0 Å². The summed E-state index contributed by atoms with van der Waals surface area (Å²) in [4.78, 5) is 2.60. The summed E-state index contributed by atoms with van der Waals surface area (Å²) in [5.74, 6) is 1.02. The summed E-state index contributed by atoms with van der Waals surface area (Å²) in [5, 5.41) is 0. The average Bonchev–Trinajstić information content (AvgIpc) is 2.89. The number of nitrogens with zero attached hydrogens (tertiary/aromatic N) is 1. The van der Waals surface area contributed by atoms with Gasteiger partial charge in [-0.2, -0.15) is 0 Å². The zero-order valence-corrected chi connectivity index (χ0v) is 9.56. The summed E-state index contributed by atoms with van der Waals surface area (Å²) >= 11 is 0. The molecule has 76 valence electrons. The Morgan fingerprint density at radius 3 is 2.69 bits per heavy atom. The predicted octanol–water partition coefficient (Wildman–Crippen LogP) is 1.36. The highest BCUT2D eigenvalue weighted by atomic mass is 31.0. The highest BCUT2D eigenvalue weighted by Crippen LogP contribution is 2.31. The van der Waals surface area contributed by atoms with Gasteiger partial charge in [-0.05, 0) is 25.2 Å². The van der Waals surface area contributed by atoms with Crippen molar-refractivity contribution in [3.8, 4) is 0 Å². The molecule has 0 aromatic carbocycles. The largest absolute Gasteiger partial charge is 0.381 e. The van der Waals surface area contributed by atoms with Crippen LogP contribution in [0.4, 0.5) is 0 Å². The van der Waals surface area contributed by atoms with Crippen molar-refractivity contribution in [2.45, 2.75) is 31.0 Å². The molecule has 13 heavy (non-hydrogen) atoms. The maximum atomic E-state index is 5.42. The normalized spacial score (nSPS) is 36.5. The second-order valence-electron chi connectivity index (χ2n) is 4.43. The minimum Gasteiger partial charge on any atom is -0.381 e. The van der Waals surface area contributed by atoms with Gasteiger partial charge in [0.1, 0.15) is 0 Å². The van der Waals surface area contributed by atoms with Crippen molar-refractivity contribution in [1.29, 1.82) is 0 Å². The second kappa shape index (κ2) is 4.25. The molecule has 1 aliphatic heterocycles. The van der Waals surface area contributed by atoms with E-state index in [1.165, 1.54) is 38.9 Å². The number of likely N-dealkylation sites (tertiary alicyclic amines) is 1. The molecule has 2 nitrogen and oxygen atoms in total. The van der Waals surface area contributed by atoms with Crippen LogP contribution >= 0.6 is 9.24 Å². The molecule has 2 fully saturated rings. The van der Waals surface area contributed by atoms with E-state index in [0.29, 0.717) is 11.8 Å². The van der Waals surface area contributed by atoms with E-state index in [0.717, 1.165) is 5.92 Å². The van der Waals surface area contributed by atoms with Gasteiger partial charge >= 0.3 is 0 Å². The standard InChI is InChI=1S/C10H20NOP/c1-12-9-4-5-11(7-10(9)13)6-8-2-3-8/h8-10H,2-7,13H2,1H3. The van der Waals surface area contributed by atoms with Gasteiger partial charge in [-0.25, -0.2) is 0 Å². The maximum absolute atomic E-state index is 5.42. The Morgan fingerprint density at radius 1 is 1.38 bits per heavy atom. The Morgan fingerprint density at radius 2 is 2.15 bits per heavy atom. The topological polar surface area (TPSA) is 12.5 Å². The molecule has 0 bridgehead atoms. The molecule has 3 atom stereocenters. The van der Waals surface area contributed by atoms with Crippen molar-refractivity contribution >= 4 is 9.24 Å². The first kappa shape index (κ1) is 9.89. The zero-order chi connectivity index (χ0) is 9.26. The summed E-state index contributed by atoms with van der Waals surface area (Å²) in [6, 6.07) is 0. The number of rotatable bonds is 3. The van der Waals surface area contributed by atoms with E-state index in [2.05, 4.69) is 14.1 Å². The fraction of sp³-hybridized carbons (Fsp3) is 1.00. The van der Waals surface area contributed by atoms with Gasteiger partial charge in [-0.15, -0.1) is 9.24 Å². The lowest BCUT2D eigenvalue weighted by Gasteiger charge is -2.35. The first-order chi connectivity index (χ1) is 6.29. The lowest BCUT2D eigenvalue weighted by molar-refractivity contribution is 0.0453. The van der Waals surface area contributed by atoms with Gasteiger partial charge in [0, 0.05) is 32.4 Å². The third-order valence-electron chi connectivity index (χ3n) is 3.19. The van der Waals surface area contributed by atoms with E-state index < -0.39 is 0 Å². The highest BCUT2D eigenvalue weighted by Gasteiger charge is 2.30. The van der Waals surface area contributed by atoms with Crippen LogP contribution in [0, 0.1) is 5.92 Å². The number of methoxy groups -OCH3 is 1. The molecule has 1 saturated carbocycles. The Labute approximate surface area is 83.2 Å². The van der Waals surface area contributed by atoms with Crippen molar-refractivity contribution in [2.24, 2.45) is 5.92 Å². The van der Waals surface area contributed by atoms with Gasteiger partial charge < -0.3 is 9.64 Å². The Kier molecular flexibility index (Phi) is 3.23. The second-order valence-corrected chi connectivity index (χ2v) is 5.29. The van der Waals surface area contributed by atoms with E-state index in [1.807, 2.05) is 7.11 Å². The van der Waals surface area contributed by atoms with Crippen LogP contribution in [0.5, 0.6) is 0 Å². The Bertz CT molecular complexity index is 172. The van der Waals surface area contributed by atoms with E-state index in [-0.39, 0.29) is 0 Å². The fourth-order valence-corrected chi connectivity index (χ4v) is 2.80. The van der Waals surface area contributed by atoms with Crippen LogP contribution in [0.25, 0.3) is 0 Å². The monoisotopic (exact) mass is 201 g/mol. The molecule has 0 spiro atoms. The highest BCUT2D eigenvalue weighted by molar-refractivity contribution is 7.17. The molecule has 1 heterocycles. The van der Waals surface area contributed by atoms with E-state index in [9.17, 15) is 0 Å². The van der Waals surface area contributed by atoms with Crippen LogP contribution in [0.3, 0.4) is 0 Å². The molecule has 0 amide bonds. The summed E-state index contributed by atoms with van der Waals surface area (Å²) in [6.45, 7) is 3.78. The van der Waals surface area contributed by atoms with Crippen molar-refractivity contribution in [2.75, 3.05) is 26.7 Å². The minimum absolute atomic E-state index is 0.473. The van der Waals surface area contributed by atoms with Gasteiger partial charge in [-0.1, -0.05) is 0 Å². The first-order valence-corrected chi connectivity index (χ1v) is 5.97. The van der Waals surface area contributed by atoms with Crippen molar-refractivity contribution < 1.29 is 4.74 Å². The van der Waals surface area contributed by atoms with Gasteiger partial charge in [-0.3, -0.25) is 0 Å². The summed E-state index contributed by atoms with van der Waals surface area (Å²) < 4.78 is 5.42. The number of hydrogen-bond acceptors (Lipinski definition) is 2. The van der Waals surface area contributed by atoms with Gasteiger partial charge in [0.25, 0.3) is 0 Å². The fourth-order valence-electron chi connectivity index (χ4n) is 2.15. The van der Waals surface area contributed by atoms with Gasteiger partial charge in [0.05, 0.1) is 6.10 Å². The summed E-state index contributed by atoms with van der Waals surface area (Å²) in [7, 11) is 4.76. The molecule has 0 aromatic rings. The number of hydrogen-bond donors (Lipinski definition) is 0. The molecule has 1 saturated heterocycles. The van der Waals surface area contributed by atoms with Gasteiger partial charge in [0.15, 0.2) is 0 Å². The van der Waals surface area contributed by atoms with Crippen LogP contribution in [0.15, 0.2) is 0 Å². The SMILES string of the molecule is COC1CCN(CC2CC2)CC1P. The molecule has 1 aliphatic carbocycles. The van der Waals surface area contributed by atoms with Gasteiger partial charge in [0.2, 0.25) is 0 Å². The minimum atomic E-state index is 0.473. The molecular formula is C10H20NOP. The summed E-state index contributed by atoms with van der Waals surface area (Å²) in [5.41, 5.74) is 0.637. The molecule has 0 aromatic heterocycles. The van der Waals surface area contributed by atoms with Crippen molar-refractivity contribution in [3.05, 3.63) is 0 Å². The van der Waals surface area contributed by atoms with Crippen molar-refractivity contribution in [1.82, 2.24) is 4.90 Å². The molecular weight excluding hydrogens is 181 g/mol. The van der Waals surface area contributed by atoms with E-state index in [4.69, 9.17) is 4.74 Å². The molecule has 3 heteroatoms. The van der Waals surface area contributed by atoms with E-state index in [1.54, 1.807) is 0 Å². The average molecular weight is 201 g/mol. The van der Waals surface area contributed by atoms with Crippen LogP contribution in [-0.2, 0) is 4.74 Å². The van der Waals surface area contributed by atoms with E-state index >= 15 is 0 Å². The first-order valence-electron chi connectivity index (χ1n) is 5.30. The maximum Gasteiger partial charge on any atom is 0.0658 e. The third-order valence-corrected chi connectivity index (χ3v) is 3.83. The van der Waals surface area contributed by atoms with Crippen LogP contribution in [0.2, 0.25) is 0 Å². The number of ether oxygens (including phenoxy) is 1. The molecule has 2 aliphatic rings. The summed E-state index contributed by atoms with van der Waals surface area (Å²) in [6.07, 6.45) is 4.61. The number of piperidine rings is 1.